The Hall–Kier alpha value is -1.86. The summed E-state index contributed by atoms with van der Waals surface area (Å²) >= 11 is 1.51. The zero-order valence-electron chi connectivity index (χ0n) is 10.2. The van der Waals surface area contributed by atoms with Crippen molar-refractivity contribution in [2.24, 2.45) is 5.73 Å². The summed E-state index contributed by atoms with van der Waals surface area (Å²) in [5, 5.41) is 0.785. The maximum absolute atomic E-state index is 11.5. The minimum Gasteiger partial charge on any atom is -0.399 e. The smallest absolute Gasteiger partial charge is 0.242 e. The highest BCUT2D eigenvalue weighted by atomic mass is 32.1. The van der Waals surface area contributed by atoms with Crippen LogP contribution in [-0.4, -0.2) is 36.7 Å². The number of carbonyl (C=O) groups excluding carboxylic acids is 1. The van der Waals surface area contributed by atoms with Gasteiger partial charge in [0.05, 0.1) is 23.4 Å². The van der Waals surface area contributed by atoms with Crippen molar-refractivity contribution in [3.05, 3.63) is 18.2 Å². The third-order valence-corrected chi connectivity index (χ3v) is 4.16. The molecular weight excluding hydrogens is 264 g/mol. The maximum atomic E-state index is 11.5. The van der Waals surface area contributed by atoms with Crippen LogP contribution in [-0.2, 0) is 9.53 Å². The fourth-order valence-electron chi connectivity index (χ4n) is 2.12. The van der Waals surface area contributed by atoms with Gasteiger partial charge in [-0.3, -0.25) is 4.79 Å². The second-order valence-corrected chi connectivity index (χ2v) is 5.42. The van der Waals surface area contributed by atoms with E-state index in [1.54, 1.807) is 0 Å². The fourth-order valence-corrected chi connectivity index (χ4v) is 3.21. The number of fused-ring (bicyclic) bond motifs is 1. The number of morpholine rings is 1. The number of benzene rings is 1. The van der Waals surface area contributed by atoms with Gasteiger partial charge in [-0.1, -0.05) is 11.3 Å². The molecule has 6 nitrogen and oxygen atoms in total. The van der Waals surface area contributed by atoms with Crippen molar-refractivity contribution < 1.29 is 9.53 Å². The number of rotatable bonds is 2. The third kappa shape index (κ3) is 2.22. The number of primary amides is 1. The van der Waals surface area contributed by atoms with Crippen molar-refractivity contribution in [3.63, 3.8) is 0 Å². The molecule has 1 amide bonds. The molecule has 19 heavy (non-hydrogen) atoms. The molecule has 1 saturated heterocycles. The van der Waals surface area contributed by atoms with E-state index in [4.69, 9.17) is 16.2 Å². The number of thiazole rings is 1. The average Bonchev–Trinajstić information content (AvgIpc) is 2.81. The van der Waals surface area contributed by atoms with Gasteiger partial charge in [0.25, 0.3) is 0 Å². The van der Waals surface area contributed by atoms with Crippen LogP contribution in [0.1, 0.15) is 0 Å². The molecular formula is C12H14N4O2S. The minimum atomic E-state index is -0.452. The van der Waals surface area contributed by atoms with E-state index in [-0.39, 0.29) is 0 Å². The van der Waals surface area contributed by atoms with Crippen LogP contribution in [0, 0.1) is 0 Å². The van der Waals surface area contributed by atoms with E-state index in [2.05, 4.69) is 4.98 Å². The molecule has 0 radical (unpaired) electrons. The van der Waals surface area contributed by atoms with E-state index in [1.807, 2.05) is 23.1 Å². The molecule has 0 bridgehead atoms. The number of carbonyl (C=O) groups is 1. The quantitative estimate of drug-likeness (QED) is 0.783. The van der Waals surface area contributed by atoms with Crippen LogP contribution in [0.3, 0.4) is 0 Å². The number of hydrogen-bond donors (Lipinski definition) is 2. The van der Waals surface area contributed by atoms with Gasteiger partial charge in [-0.15, -0.1) is 0 Å². The lowest BCUT2D eigenvalue weighted by molar-refractivity contribution is -0.121. The van der Waals surface area contributed by atoms with Crippen molar-refractivity contribution in [2.75, 3.05) is 30.4 Å². The van der Waals surface area contributed by atoms with E-state index >= 15 is 0 Å². The molecule has 2 heterocycles. The zero-order chi connectivity index (χ0) is 13.4. The van der Waals surface area contributed by atoms with Crippen LogP contribution in [0.5, 0.6) is 0 Å². The van der Waals surface area contributed by atoms with Crippen molar-refractivity contribution in [2.45, 2.75) is 6.04 Å². The van der Waals surface area contributed by atoms with Crippen LogP contribution in [0.2, 0.25) is 0 Å². The Bertz CT molecular complexity index is 627. The molecule has 1 fully saturated rings. The lowest BCUT2D eigenvalue weighted by Gasteiger charge is -2.33. The molecule has 7 heteroatoms. The summed E-state index contributed by atoms with van der Waals surface area (Å²) in [6, 6.07) is 5.13. The van der Waals surface area contributed by atoms with Crippen LogP contribution in [0.15, 0.2) is 18.2 Å². The number of nitrogens with two attached hydrogens (primary N) is 2. The fraction of sp³-hybridized carbons (Fsp3) is 0.333. The maximum Gasteiger partial charge on any atom is 0.242 e. The van der Waals surface area contributed by atoms with Gasteiger partial charge in [0.15, 0.2) is 5.13 Å². The van der Waals surface area contributed by atoms with Crippen LogP contribution < -0.4 is 16.4 Å². The summed E-state index contributed by atoms with van der Waals surface area (Å²) in [5.41, 5.74) is 12.8. The van der Waals surface area contributed by atoms with Gasteiger partial charge in [-0.05, 0) is 18.2 Å². The summed E-state index contributed by atoms with van der Waals surface area (Å²) in [5.74, 6) is -0.390. The number of aromatic nitrogens is 1. The average molecular weight is 278 g/mol. The minimum absolute atomic E-state index is 0.313. The predicted molar refractivity (Wildman–Crippen MR) is 75.2 cm³/mol. The molecule has 1 aliphatic heterocycles. The Morgan fingerprint density at radius 3 is 3.16 bits per heavy atom. The monoisotopic (exact) mass is 278 g/mol. The molecule has 1 unspecified atom stereocenters. The molecule has 1 aromatic heterocycles. The van der Waals surface area contributed by atoms with E-state index in [1.165, 1.54) is 11.3 Å². The number of anilines is 2. The molecule has 4 N–H and O–H groups in total. The normalized spacial score (nSPS) is 19.8. The van der Waals surface area contributed by atoms with Gasteiger partial charge >= 0.3 is 0 Å². The topological polar surface area (TPSA) is 94.5 Å². The van der Waals surface area contributed by atoms with Gasteiger partial charge in [0, 0.05) is 12.2 Å². The highest BCUT2D eigenvalue weighted by Gasteiger charge is 2.29. The summed E-state index contributed by atoms with van der Waals surface area (Å²) in [6.07, 6.45) is 0. The standard InChI is InChI=1S/C12H14N4O2S/c13-7-1-2-8-10(5-7)19-12(15-8)16-3-4-18-6-9(16)11(14)17/h1-2,5,9H,3-4,6,13H2,(H2,14,17). The number of hydrogen-bond acceptors (Lipinski definition) is 6. The van der Waals surface area contributed by atoms with Crippen LogP contribution in [0.25, 0.3) is 10.2 Å². The number of nitrogens with zero attached hydrogens (tertiary/aromatic N) is 2. The van der Waals surface area contributed by atoms with Crippen LogP contribution >= 0.6 is 11.3 Å². The molecule has 1 atom stereocenters. The summed E-state index contributed by atoms with van der Waals surface area (Å²) in [6.45, 7) is 1.50. The van der Waals surface area contributed by atoms with Gasteiger partial charge in [0.2, 0.25) is 5.91 Å². The molecule has 0 spiro atoms. The van der Waals surface area contributed by atoms with Crippen molar-refractivity contribution >= 4 is 38.3 Å². The van der Waals surface area contributed by atoms with E-state index < -0.39 is 11.9 Å². The third-order valence-electron chi connectivity index (χ3n) is 3.10. The Kier molecular flexibility index (Phi) is 3.00. The first kappa shape index (κ1) is 12.2. The first-order valence-electron chi connectivity index (χ1n) is 5.95. The second kappa shape index (κ2) is 4.67. The number of ether oxygens (including phenoxy) is 1. The first-order chi connectivity index (χ1) is 9.15. The van der Waals surface area contributed by atoms with Gasteiger partial charge in [-0.2, -0.15) is 0 Å². The molecule has 100 valence electrons. The number of nitrogen functional groups attached to an aromatic ring is 1. The van der Waals surface area contributed by atoms with Crippen molar-refractivity contribution in [3.8, 4) is 0 Å². The van der Waals surface area contributed by atoms with Crippen molar-refractivity contribution in [1.82, 2.24) is 4.98 Å². The zero-order valence-corrected chi connectivity index (χ0v) is 11.0. The predicted octanol–water partition coefficient (Wildman–Crippen LogP) is 0.569. The highest BCUT2D eigenvalue weighted by molar-refractivity contribution is 7.22. The lowest BCUT2D eigenvalue weighted by atomic mass is 10.2. The van der Waals surface area contributed by atoms with Gasteiger partial charge < -0.3 is 21.1 Å². The summed E-state index contributed by atoms with van der Waals surface area (Å²) in [4.78, 5) is 17.9. The van der Waals surface area contributed by atoms with E-state index in [9.17, 15) is 4.79 Å². The second-order valence-electron chi connectivity index (χ2n) is 4.41. The molecule has 1 aromatic carbocycles. The Balaban J connectivity index is 1.99. The van der Waals surface area contributed by atoms with Crippen molar-refractivity contribution in [1.29, 1.82) is 0 Å². The Morgan fingerprint density at radius 2 is 2.37 bits per heavy atom. The summed E-state index contributed by atoms with van der Waals surface area (Å²) < 4.78 is 6.31. The van der Waals surface area contributed by atoms with Gasteiger partial charge in [-0.25, -0.2) is 4.98 Å². The molecule has 3 rings (SSSR count). The lowest BCUT2D eigenvalue weighted by Crippen LogP contribution is -2.52. The largest absolute Gasteiger partial charge is 0.399 e. The SMILES string of the molecule is NC(=O)C1COCCN1c1nc2ccc(N)cc2s1. The highest BCUT2D eigenvalue weighted by Crippen LogP contribution is 2.31. The first-order valence-corrected chi connectivity index (χ1v) is 6.76. The van der Waals surface area contributed by atoms with Gasteiger partial charge in [0.1, 0.15) is 6.04 Å². The summed E-state index contributed by atoms with van der Waals surface area (Å²) in [7, 11) is 0. The molecule has 0 saturated carbocycles. The van der Waals surface area contributed by atoms with E-state index in [0.29, 0.717) is 25.4 Å². The molecule has 2 aromatic rings. The van der Waals surface area contributed by atoms with Crippen LogP contribution in [0.4, 0.5) is 10.8 Å². The Labute approximate surface area is 114 Å². The Morgan fingerprint density at radius 1 is 1.53 bits per heavy atom. The molecule has 0 aliphatic carbocycles. The number of amides is 1. The van der Waals surface area contributed by atoms with E-state index in [0.717, 1.165) is 15.3 Å². The molecule has 1 aliphatic rings.